The Morgan fingerprint density at radius 3 is 1.68 bits per heavy atom. The lowest BCUT2D eigenvalue weighted by atomic mass is 9.94. The molecule has 2 aliphatic rings. The van der Waals surface area contributed by atoms with Crippen molar-refractivity contribution in [2.24, 2.45) is 17.6 Å². The fourth-order valence-corrected chi connectivity index (χ4v) is 14.4. The summed E-state index contributed by atoms with van der Waals surface area (Å²) in [6.07, 6.45) is -2.45. The van der Waals surface area contributed by atoms with E-state index in [1.165, 1.54) is 38.1 Å². The van der Waals surface area contributed by atoms with Gasteiger partial charge in [-0.05, 0) is 87.9 Å². The summed E-state index contributed by atoms with van der Waals surface area (Å²) in [4.78, 5) is 177. The van der Waals surface area contributed by atoms with Crippen molar-refractivity contribution in [3.63, 3.8) is 0 Å². The number of para-hydroxylation sites is 1. The van der Waals surface area contributed by atoms with E-state index < -0.39 is 157 Å². The van der Waals surface area contributed by atoms with Gasteiger partial charge in [-0.2, -0.15) is 0 Å². The summed E-state index contributed by atoms with van der Waals surface area (Å²) in [6, 6.07) is 12.7. The highest BCUT2D eigenvalue weighted by Gasteiger charge is 2.38. The maximum absolute atomic E-state index is 15.4. The maximum atomic E-state index is 15.4. The number of aliphatic hydroxyl groups is 2. The number of carboxylic acids is 3. The Kier molecular flexibility index (Phi) is 32.9. The number of nitrogens with one attached hydrogen (secondary N) is 7. The minimum Gasteiger partial charge on any atom is -0.508 e. The number of phenols is 1. The van der Waals surface area contributed by atoms with E-state index in [2.05, 4.69) is 36.9 Å². The number of rotatable bonds is 27. The Balaban J connectivity index is 1.41. The van der Waals surface area contributed by atoms with Crippen molar-refractivity contribution in [3.05, 3.63) is 102 Å². The number of aromatic amines is 1. The third-order valence-corrected chi connectivity index (χ3v) is 19.9. The predicted octanol–water partition coefficient (Wildman–Crippen LogP) is -0.689. The van der Waals surface area contributed by atoms with Gasteiger partial charge in [-0.1, -0.05) is 82.3 Å². The molecule has 0 spiro atoms. The molecule has 3 aromatic carbocycles. The van der Waals surface area contributed by atoms with E-state index in [0.29, 0.717) is 34.0 Å². The van der Waals surface area contributed by atoms with Crippen LogP contribution >= 0.6 is 21.6 Å². The van der Waals surface area contributed by atoms with Crippen LogP contribution < -0.4 is 37.6 Å². The quantitative estimate of drug-likeness (QED) is 0.0260. The molecule has 1 aromatic heterocycles. The summed E-state index contributed by atoms with van der Waals surface area (Å²) >= 11 is 0. The average Bonchev–Trinajstić information content (AvgIpc) is 1.59. The van der Waals surface area contributed by atoms with Gasteiger partial charge in [-0.3, -0.25) is 77.1 Å². The monoisotopic (exact) mass is 1430 g/mol. The minimum absolute atomic E-state index is 0.0367. The SMILES string of the molecule is CC(=O)C(NC(=O)C1CSSCC(CC(=O)C(Cc2ccccc2)NC(=O)CN2CCN(CC(=O)O)CCN(CC(=O)O)CCN(CC(=O)O)CC2)C(=O)N[C@@H](Cc2ccc(O)cc2)C(=O)NC(Cc2c[nH]c3ccccc23)C(=O)N[C@@H](CCCCN)C(=O)N[C@@H](C(C)O)C(=O)C1)[C@@H](C)O. The second-order valence-electron chi connectivity index (χ2n) is 25.4. The molecule has 6 unspecified atom stereocenters. The summed E-state index contributed by atoms with van der Waals surface area (Å²) < 4.78 is 0. The first-order valence-electron chi connectivity index (χ1n) is 33.3. The number of H-pyrrole nitrogens is 1. The number of carboxylic acid groups (broad SMARTS) is 3. The Hall–Kier alpha value is -8.34. The molecule has 15 N–H and O–H groups in total. The standard InChI is InChI=1S/C68H94N12O18S2/c1-41(81)62(42(2)82)75-65(95)48-33-57(86)63(43(3)83)76-66(96)52(15-9-10-20-69)72-68(98)55(31-46-34-70-51-14-8-7-13-50(46)51)74-67(97)54(30-45-16-18-49(84)19-17-45)73-64(94)47(39-99-100-40-48)32-56(85)53(29-44-11-5-4-6-12-44)71-58(87)35-77-21-23-78(36-59(88)89)25-27-80(38-61(92)93)28-26-79(24-22-77)37-60(90)91/h4-8,11-14,16-19,34,41,43,47-48,52-55,62-63,70,81,83-84H,9-10,15,20-33,35-40,69H2,1-3H3,(H,71,87)(H,72,98)(H,73,94)(H,74,97)(H,75,95)(H,76,96)(H,88,89)(H,90,91)(H,92,93)/t41-,43?,47?,48?,52+,53?,54+,55?,62?,63+/m1/s1. The Labute approximate surface area is 587 Å². The molecule has 0 bridgehead atoms. The fourth-order valence-electron chi connectivity index (χ4n) is 11.8. The van der Waals surface area contributed by atoms with Gasteiger partial charge in [-0.15, -0.1) is 0 Å². The van der Waals surface area contributed by atoms with E-state index in [1.54, 1.807) is 80.4 Å². The van der Waals surface area contributed by atoms with Gasteiger partial charge in [-0.25, -0.2) is 0 Å². The highest BCUT2D eigenvalue weighted by atomic mass is 33.1. The molecule has 0 radical (unpaired) electrons. The number of carbonyl (C=O) groups excluding carboxylic acids is 9. The number of fused-ring (bicyclic) bond motifs is 1. The van der Waals surface area contributed by atoms with E-state index in [1.807, 2.05) is 0 Å². The molecular formula is C68H94N12O18S2. The zero-order chi connectivity index (χ0) is 73.0. The van der Waals surface area contributed by atoms with Crippen LogP contribution in [-0.4, -0.2) is 271 Å². The number of aliphatic carboxylic acids is 3. The first-order chi connectivity index (χ1) is 47.7. The van der Waals surface area contributed by atoms with Crippen molar-refractivity contribution in [2.45, 2.75) is 121 Å². The number of ketones is 3. The normalized spacial score (nSPS) is 22.0. The minimum atomic E-state index is -1.67. The number of benzene rings is 3. The summed E-state index contributed by atoms with van der Waals surface area (Å²) in [6.45, 7) is 3.12. The largest absolute Gasteiger partial charge is 0.508 e. The van der Waals surface area contributed by atoms with E-state index in [4.69, 9.17) is 5.73 Å². The highest BCUT2D eigenvalue weighted by Crippen LogP contribution is 2.30. The van der Waals surface area contributed by atoms with Crippen molar-refractivity contribution in [3.8, 4) is 5.75 Å². The van der Waals surface area contributed by atoms with Gasteiger partial charge in [0.25, 0.3) is 0 Å². The highest BCUT2D eigenvalue weighted by molar-refractivity contribution is 8.76. The van der Waals surface area contributed by atoms with E-state index in [-0.39, 0.29) is 121 Å². The van der Waals surface area contributed by atoms with E-state index in [0.717, 1.165) is 28.5 Å². The van der Waals surface area contributed by atoms with Gasteiger partial charge < -0.3 is 73.3 Å². The van der Waals surface area contributed by atoms with Crippen LogP contribution in [0.4, 0.5) is 0 Å². The zero-order valence-corrected chi connectivity index (χ0v) is 58.0. The zero-order valence-electron chi connectivity index (χ0n) is 56.4. The number of nitrogens with zero attached hydrogens (tertiary/aromatic N) is 4. The molecule has 100 heavy (non-hydrogen) atoms. The number of carbonyl (C=O) groups is 12. The van der Waals surface area contributed by atoms with Crippen molar-refractivity contribution in [2.75, 3.05) is 96.6 Å². The second-order valence-corrected chi connectivity index (χ2v) is 27.9. The smallest absolute Gasteiger partial charge is 0.317 e. The van der Waals surface area contributed by atoms with Crippen LogP contribution in [0.3, 0.4) is 0 Å². The number of unbranched alkanes of at least 4 members (excludes halogenated alkanes) is 1. The Morgan fingerprint density at radius 1 is 0.610 bits per heavy atom. The number of aromatic nitrogens is 1. The number of aliphatic hydroxyl groups excluding tert-OH is 2. The van der Waals surface area contributed by atoms with Gasteiger partial charge in [0.1, 0.15) is 36.0 Å². The molecule has 30 nitrogen and oxygen atoms in total. The first-order valence-corrected chi connectivity index (χ1v) is 35.7. The van der Waals surface area contributed by atoms with Crippen molar-refractivity contribution >= 4 is 103 Å². The lowest BCUT2D eigenvalue weighted by molar-refractivity contribution is -0.140. The van der Waals surface area contributed by atoms with Gasteiger partial charge in [0.05, 0.1) is 56.3 Å². The van der Waals surface area contributed by atoms with Crippen LogP contribution in [0, 0.1) is 11.8 Å². The lowest BCUT2D eigenvalue weighted by Gasteiger charge is -2.33. The van der Waals surface area contributed by atoms with Crippen molar-refractivity contribution in [1.82, 2.24) is 56.5 Å². The predicted molar refractivity (Wildman–Crippen MR) is 372 cm³/mol. The molecule has 6 amide bonds. The molecule has 0 saturated carbocycles. The number of amides is 6. The van der Waals surface area contributed by atoms with Crippen molar-refractivity contribution in [1.29, 1.82) is 0 Å². The van der Waals surface area contributed by atoms with Gasteiger partial charge in [0.15, 0.2) is 17.3 Å². The topological polar surface area (TPSA) is 453 Å². The van der Waals surface area contributed by atoms with Gasteiger partial charge >= 0.3 is 17.9 Å². The number of aromatic hydroxyl groups is 1. The molecule has 32 heteroatoms. The van der Waals surface area contributed by atoms with Crippen LogP contribution in [0.2, 0.25) is 0 Å². The molecule has 0 aliphatic carbocycles. The summed E-state index contributed by atoms with van der Waals surface area (Å²) in [7, 11) is 1.98. The molecule has 4 aromatic rings. The fraction of sp³-hybridized carbons (Fsp3) is 0.529. The van der Waals surface area contributed by atoms with E-state index in [9.17, 15) is 69.0 Å². The molecule has 10 atom stereocenters. The maximum Gasteiger partial charge on any atom is 0.317 e. The second kappa shape index (κ2) is 40.8. The summed E-state index contributed by atoms with van der Waals surface area (Å²) in [5, 5.41) is 78.4. The molecule has 546 valence electrons. The third-order valence-electron chi connectivity index (χ3n) is 17.3. The number of phenolic OH excluding ortho intramolecular Hbond substituents is 1. The van der Waals surface area contributed by atoms with Crippen LogP contribution in [0.5, 0.6) is 5.75 Å². The van der Waals surface area contributed by atoms with Gasteiger partial charge in [0, 0.05) is 107 Å². The van der Waals surface area contributed by atoms with E-state index >= 15 is 19.2 Å². The molecule has 2 aliphatic heterocycles. The average molecular weight is 1430 g/mol. The molecule has 2 saturated heterocycles. The summed E-state index contributed by atoms with van der Waals surface area (Å²) in [5.74, 6) is -13.9. The lowest BCUT2D eigenvalue weighted by Crippen LogP contribution is -2.59. The molecule has 3 heterocycles. The molecular weight excluding hydrogens is 1340 g/mol. The van der Waals surface area contributed by atoms with Crippen LogP contribution in [0.1, 0.15) is 69.6 Å². The molecule has 2 fully saturated rings. The number of hydrogen-bond acceptors (Lipinski definition) is 22. The van der Waals surface area contributed by atoms with Crippen LogP contribution in [0.25, 0.3) is 10.9 Å². The number of nitrogens with two attached hydrogens (primary N) is 1. The Bertz CT molecular complexity index is 3410. The van der Waals surface area contributed by atoms with Gasteiger partial charge in [0.2, 0.25) is 35.4 Å². The van der Waals surface area contributed by atoms with Crippen LogP contribution in [0.15, 0.2) is 85.1 Å². The first kappa shape index (κ1) is 80.6. The Morgan fingerprint density at radius 2 is 1.13 bits per heavy atom. The molecule has 6 rings (SSSR count). The number of Topliss-reactive ketones (excluding diaryl/α,β-unsaturated/α-hetero) is 3. The van der Waals surface area contributed by atoms with Crippen LogP contribution in [-0.2, 0) is 76.8 Å². The third kappa shape index (κ3) is 27.0. The summed E-state index contributed by atoms with van der Waals surface area (Å²) in [5.41, 5.74) is 8.15. The number of hydrogen-bond donors (Lipinski definition) is 14. The van der Waals surface area contributed by atoms with Crippen molar-refractivity contribution < 1.29 is 88.2 Å².